The summed E-state index contributed by atoms with van der Waals surface area (Å²) in [5.41, 5.74) is 2.12. The number of para-hydroxylation sites is 1. The molecule has 1 aromatic heterocycles. The van der Waals surface area contributed by atoms with Crippen LogP contribution in [0.2, 0.25) is 0 Å². The van der Waals surface area contributed by atoms with Crippen molar-refractivity contribution in [3.8, 4) is 11.3 Å². The molecule has 0 bridgehead atoms. The van der Waals surface area contributed by atoms with E-state index in [9.17, 15) is 14.0 Å². The molecule has 2 heterocycles. The highest BCUT2D eigenvalue weighted by Crippen LogP contribution is 2.37. The second-order valence-corrected chi connectivity index (χ2v) is 6.55. The lowest BCUT2D eigenvalue weighted by molar-refractivity contribution is -0.142. The number of halogens is 1. The number of anilines is 1. The Morgan fingerprint density at radius 1 is 1.07 bits per heavy atom. The summed E-state index contributed by atoms with van der Waals surface area (Å²) in [5.74, 6) is -0.652. The van der Waals surface area contributed by atoms with Crippen molar-refractivity contribution < 1.29 is 23.1 Å². The predicted octanol–water partition coefficient (Wildman–Crippen LogP) is 4.39. The Bertz CT molecular complexity index is 1030. The second kappa shape index (κ2) is 7.31. The van der Waals surface area contributed by atoms with E-state index in [0.717, 1.165) is 5.56 Å². The van der Waals surface area contributed by atoms with Gasteiger partial charge in [0.15, 0.2) is 5.76 Å². The monoisotopic (exact) mass is 379 g/mol. The fourth-order valence-electron chi connectivity index (χ4n) is 3.52. The molecule has 2 aromatic carbocycles. The van der Waals surface area contributed by atoms with Crippen molar-refractivity contribution in [1.29, 1.82) is 0 Å². The fraction of sp³-hybridized carbons (Fsp3) is 0.182. The smallest absolute Gasteiger partial charge is 0.313 e. The molecule has 0 N–H and O–H groups in total. The quantitative estimate of drug-likeness (QED) is 0.633. The van der Waals surface area contributed by atoms with Gasteiger partial charge >= 0.3 is 5.97 Å². The first-order valence-corrected chi connectivity index (χ1v) is 8.93. The number of hydrogen-bond acceptors (Lipinski definition) is 4. The van der Waals surface area contributed by atoms with Gasteiger partial charge in [0.2, 0.25) is 0 Å². The zero-order chi connectivity index (χ0) is 19.7. The maximum atomic E-state index is 13.1. The molecule has 1 aliphatic rings. The summed E-state index contributed by atoms with van der Waals surface area (Å²) in [6.07, 6.45) is 0.473. The number of rotatable bonds is 3. The van der Waals surface area contributed by atoms with Gasteiger partial charge in [-0.25, -0.2) is 4.39 Å². The maximum absolute atomic E-state index is 13.1. The molecule has 0 radical (unpaired) electrons. The van der Waals surface area contributed by atoms with Crippen molar-refractivity contribution in [2.24, 2.45) is 0 Å². The van der Waals surface area contributed by atoms with Crippen molar-refractivity contribution in [1.82, 2.24) is 0 Å². The van der Waals surface area contributed by atoms with Gasteiger partial charge in [-0.15, -0.1) is 0 Å². The first-order valence-electron chi connectivity index (χ1n) is 8.93. The molecular formula is C22H18FNO4. The van der Waals surface area contributed by atoms with Crippen LogP contribution in [0, 0.1) is 5.82 Å². The largest absolute Gasteiger partial charge is 0.469 e. The summed E-state index contributed by atoms with van der Waals surface area (Å²) >= 11 is 0. The second-order valence-electron chi connectivity index (χ2n) is 6.55. The van der Waals surface area contributed by atoms with Crippen molar-refractivity contribution in [2.75, 3.05) is 18.6 Å². The number of esters is 1. The van der Waals surface area contributed by atoms with E-state index in [2.05, 4.69) is 0 Å². The lowest BCUT2D eigenvalue weighted by atomic mass is 9.90. The van der Waals surface area contributed by atoms with E-state index in [1.165, 1.54) is 19.2 Å². The SMILES string of the molecule is COC(=O)[C@H]1CCN(C(=O)c2ccc(-c3ccc(F)cc3)o2)c2ccccc21. The van der Waals surface area contributed by atoms with Gasteiger partial charge < -0.3 is 14.1 Å². The third-order valence-electron chi connectivity index (χ3n) is 4.92. The summed E-state index contributed by atoms with van der Waals surface area (Å²) in [6, 6.07) is 16.5. The van der Waals surface area contributed by atoms with E-state index in [1.807, 2.05) is 24.3 Å². The van der Waals surface area contributed by atoms with E-state index < -0.39 is 5.92 Å². The van der Waals surface area contributed by atoms with Crippen LogP contribution in [-0.2, 0) is 9.53 Å². The molecule has 0 spiro atoms. The van der Waals surface area contributed by atoms with Crippen molar-refractivity contribution >= 4 is 17.6 Å². The number of methoxy groups -OCH3 is 1. The lowest BCUT2D eigenvalue weighted by Gasteiger charge is -2.32. The molecule has 1 aliphatic heterocycles. The van der Waals surface area contributed by atoms with Gasteiger partial charge in [-0.05, 0) is 54.4 Å². The molecule has 5 nitrogen and oxygen atoms in total. The zero-order valence-electron chi connectivity index (χ0n) is 15.2. The summed E-state index contributed by atoms with van der Waals surface area (Å²) in [5, 5.41) is 0. The Balaban J connectivity index is 1.63. The Morgan fingerprint density at radius 2 is 1.82 bits per heavy atom. The van der Waals surface area contributed by atoms with E-state index in [0.29, 0.717) is 30.0 Å². The Labute approximate surface area is 161 Å². The first kappa shape index (κ1) is 18.0. The number of hydrogen-bond donors (Lipinski definition) is 0. The molecule has 1 amide bonds. The van der Waals surface area contributed by atoms with Gasteiger partial charge in [0, 0.05) is 17.8 Å². The third kappa shape index (κ3) is 3.17. The van der Waals surface area contributed by atoms with E-state index in [1.54, 1.807) is 29.2 Å². The van der Waals surface area contributed by atoms with Gasteiger partial charge in [-0.1, -0.05) is 18.2 Å². The van der Waals surface area contributed by atoms with Crippen molar-refractivity contribution in [3.63, 3.8) is 0 Å². The highest BCUT2D eigenvalue weighted by atomic mass is 19.1. The van der Waals surface area contributed by atoms with Crippen LogP contribution in [0.5, 0.6) is 0 Å². The number of carbonyl (C=O) groups excluding carboxylic acids is 2. The number of furan rings is 1. The van der Waals surface area contributed by atoms with Crippen molar-refractivity contribution in [3.05, 3.63) is 77.8 Å². The average Bonchev–Trinajstić information content (AvgIpc) is 3.22. The number of ether oxygens (including phenoxy) is 1. The zero-order valence-corrected chi connectivity index (χ0v) is 15.2. The standard InChI is InChI=1S/C22H18FNO4/c1-27-22(26)17-12-13-24(18-5-3-2-4-16(17)18)21(25)20-11-10-19(28-20)14-6-8-15(23)9-7-14/h2-11,17H,12-13H2,1H3/t17-/m0/s1. The van der Waals surface area contributed by atoms with E-state index in [4.69, 9.17) is 9.15 Å². The van der Waals surface area contributed by atoms with E-state index in [-0.39, 0.29) is 23.5 Å². The minimum Gasteiger partial charge on any atom is -0.469 e. The van der Waals surface area contributed by atoms with E-state index >= 15 is 0 Å². The number of nitrogens with zero attached hydrogens (tertiary/aromatic N) is 1. The molecule has 0 saturated carbocycles. The van der Waals surface area contributed by atoms with Crippen LogP contribution in [0.1, 0.15) is 28.5 Å². The number of fused-ring (bicyclic) bond motifs is 1. The minimum atomic E-state index is -0.392. The lowest BCUT2D eigenvalue weighted by Crippen LogP contribution is -2.38. The van der Waals surface area contributed by atoms with Gasteiger partial charge in [-0.2, -0.15) is 0 Å². The fourth-order valence-corrected chi connectivity index (χ4v) is 3.52. The molecule has 0 unspecified atom stereocenters. The average molecular weight is 379 g/mol. The molecule has 4 rings (SSSR count). The molecule has 0 saturated heterocycles. The summed E-state index contributed by atoms with van der Waals surface area (Å²) in [7, 11) is 1.36. The van der Waals surface area contributed by atoms with Crippen LogP contribution in [0.15, 0.2) is 65.1 Å². The predicted molar refractivity (Wildman–Crippen MR) is 102 cm³/mol. The Kier molecular flexibility index (Phi) is 4.69. The Hall–Kier alpha value is -3.41. The third-order valence-corrected chi connectivity index (χ3v) is 4.92. The highest BCUT2D eigenvalue weighted by molar-refractivity contribution is 6.06. The van der Waals surface area contributed by atoms with Gasteiger partial charge in [0.25, 0.3) is 5.91 Å². The van der Waals surface area contributed by atoms with Crippen LogP contribution in [0.4, 0.5) is 10.1 Å². The van der Waals surface area contributed by atoms with Crippen LogP contribution < -0.4 is 4.90 Å². The maximum Gasteiger partial charge on any atom is 0.313 e. The molecule has 1 atom stereocenters. The number of amides is 1. The van der Waals surface area contributed by atoms with Crippen molar-refractivity contribution in [2.45, 2.75) is 12.3 Å². The topological polar surface area (TPSA) is 59.8 Å². The number of carbonyl (C=O) groups is 2. The van der Waals surface area contributed by atoms with Gasteiger partial charge in [0.1, 0.15) is 11.6 Å². The molecule has 0 fully saturated rings. The molecule has 28 heavy (non-hydrogen) atoms. The molecule has 0 aliphatic carbocycles. The molecular weight excluding hydrogens is 361 g/mol. The van der Waals surface area contributed by atoms with Gasteiger partial charge in [0.05, 0.1) is 13.0 Å². The van der Waals surface area contributed by atoms with Crippen LogP contribution in [-0.4, -0.2) is 25.5 Å². The summed E-state index contributed by atoms with van der Waals surface area (Å²) in [6.45, 7) is 0.377. The van der Waals surface area contributed by atoms with Crippen LogP contribution >= 0.6 is 0 Å². The normalized spacial score (nSPS) is 15.8. The highest BCUT2D eigenvalue weighted by Gasteiger charge is 2.34. The summed E-state index contributed by atoms with van der Waals surface area (Å²) < 4.78 is 23.7. The first-order chi connectivity index (χ1) is 13.6. The molecule has 3 aromatic rings. The van der Waals surface area contributed by atoms with Gasteiger partial charge in [-0.3, -0.25) is 9.59 Å². The summed E-state index contributed by atoms with van der Waals surface area (Å²) in [4.78, 5) is 26.8. The minimum absolute atomic E-state index is 0.186. The van der Waals surface area contributed by atoms with Crippen LogP contribution in [0.3, 0.4) is 0 Å². The molecule has 142 valence electrons. The molecule has 6 heteroatoms. The number of benzene rings is 2. The van der Waals surface area contributed by atoms with Crippen LogP contribution in [0.25, 0.3) is 11.3 Å². The Morgan fingerprint density at radius 3 is 2.57 bits per heavy atom.